The SMILES string of the molecule is CCCC(C)NC(=O)C(c1cc(C)cc(C)c1)N(CCC)C(=O)C(Cc1ccc(O)cc1)NC(=O)OC(C)(C)C. The number of benzene rings is 2. The van der Waals surface area contributed by atoms with Gasteiger partial charge in [0.1, 0.15) is 23.4 Å². The Morgan fingerprint density at radius 2 is 1.55 bits per heavy atom. The molecule has 3 amide bonds. The summed E-state index contributed by atoms with van der Waals surface area (Å²) in [6.45, 7) is 15.5. The van der Waals surface area contributed by atoms with E-state index in [1.54, 1.807) is 37.8 Å². The number of carbonyl (C=O) groups excluding carboxylic acids is 3. The first-order valence-electron chi connectivity index (χ1n) is 14.2. The quantitative estimate of drug-likeness (QED) is 0.311. The normalized spacial score (nSPS) is 13.6. The van der Waals surface area contributed by atoms with E-state index in [1.165, 1.54) is 12.1 Å². The van der Waals surface area contributed by atoms with E-state index in [2.05, 4.69) is 17.6 Å². The maximum atomic E-state index is 14.3. The molecule has 0 bridgehead atoms. The van der Waals surface area contributed by atoms with Crippen LogP contribution in [-0.2, 0) is 20.7 Å². The van der Waals surface area contributed by atoms with Crippen molar-refractivity contribution < 1.29 is 24.2 Å². The number of phenolic OH excluding ortho intramolecular Hbond substituents is 1. The number of nitrogens with one attached hydrogen (secondary N) is 2. The van der Waals surface area contributed by atoms with Crippen LogP contribution >= 0.6 is 0 Å². The van der Waals surface area contributed by atoms with Gasteiger partial charge in [0.05, 0.1) is 0 Å². The van der Waals surface area contributed by atoms with E-state index in [4.69, 9.17) is 4.74 Å². The summed E-state index contributed by atoms with van der Waals surface area (Å²) in [4.78, 5) is 42.6. The van der Waals surface area contributed by atoms with Crippen molar-refractivity contribution in [3.8, 4) is 5.75 Å². The number of phenols is 1. The fraction of sp³-hybridized carbons (Fsp3) is 0.531. The van der Waals surface area contributed by atoms with Crippen LogP contribution in [0.25, 0.3) is 0 Å². The van der Waals surface area contributed by atoms with Gasteiger partial charge in [-0.15, -0.1) is 0 Å². The lowest BCUT2D eigenvalue weighted by Gasteiger charge is -2.35. The molecule has 8 nitrogen and oxygen atoms in total. The van der Waals surface area contributed by atoms with E-state index in [0.29, 0.717) is 13.0 Å². The molecule has 0 radical (unpaired) electrons. The van der Waals surface area contributed by atoms with Crippen molar-refractivity contribution in [2.75, 3.05) is 6.54 Å². The smallest absolute Gasteiger partial charge is 0.408 e. The monoisotopic (exact) mass is 553 g/mol. The summed E-state index contributed by atoms with van der Waals surface area (Å²) < 4.78 is 5.48. The highest BCUT2D eigenvalue weighted by Gasteiger charge is 2.36. The molecule has 0 aliphatic heterocycles. The second kappa shape index (κ2) is 14.7. The topological polar surface area (TPSA) is 108 Å². The number of hydrogen-bond acceptors (Lipinski definition) is 5. The zero-order valence-corrected chi connectivity index (χ0v) is 25.3. The third-order valence-electron chi connectivity index (χ3n) is 6.34. The van der Waals surface area contributed by atoms with Crippen LogP contribution in [0.2, 0.25) is 0 Å². The Hall–Kier alpha value is -3.55. The van der Waals surface area contributed by atoms with Gasteiger partial charge in [0, 0.05) is 19.0 Å². The fourth-order valence-corrected chi connectivity index (χ4v) is 4.79. The van der Waals surface area contributed by atoms with Crippen molar-refractivity contribution in [3.63, 3.8) is 0 Å². The lowest BCUT2D eigenvalue weighted by molar-refractivity contribution is -0.142. The Balaban J connectivity index is 2.56. The third-order valence-corrected chi connectivity index (χ3v) is 6.34. The van der Waals surface area contributed by atoms with E-state index >= 15 is 0 Å². The number of rotatable bonds is 12. The summed E-state index contributed by atoms with van der Waals surface area (Å²) in [7, 11) is 0. The number of nitrogens with zero attached hydrogens (tertiary/aromatic N) is 1. The molecule has 8 heteroatoms. The van der Waals surface area contributed by atoms with Gasteiger partial charge in [-0.3, -0.25) is 9.59 Å². The molecular weight excluding hydrogens is 506 g/mol. The molecule has 0 heterocycles. The highest BCUT2D eigenvalue weighted by molar-refractivity contribution is 5.92. The Morgan fingerprint density at radius 1 is 0.950 bits per heavy atom. The second-order valence-corrected chi connectivity index (χ2v) is 11.6. The van der Waals surface area contributed by atoms with Gasteiger partial charge < -0.3 is 25.4 Å². The standard InChI is InChI=1S/C32H47N3O5/c1-9-11-23(5)33-29(37)28(25-18-21(3)17-22(4)19-25)35(16-10-2)30(38)27(34-31(39)40-32(6,7)8)20-24-12-14-26(36)15-13-24/h12-15,17-19,23,27-28,36H,9-11,16,20H2,1-8H3,(H,33,37)(H,34,39). The third kappa shape index (κ3) is 10.2. The average molecular weight is 554 g/mol. The molecule has 2 rings (SSSR count). The van der Waals surface area contributed by atoms with E-state index < -0.39 is 23.8 Å². The number of alkyl carbamates (subject to hydrolysis) is 1. The molecule has 0 fully saturated rings. The largest absolute Gasteiger partial charge is 0.508 e. The van der Waals surface area contributed by atoms with Gasteiger partial charge >= 0.3 is 6.09 Å². The van der Waals surface area contributed by atoms with E-state index in [0.717, 1.165) is 35.1 Å². The molecule has 0 aliphatic rings. The molecule has 3 atom stereocenters. The molecule has 0 saturated carbocycles. The molecule has 0 spiro atoms. The first-order valence-corrected chi connectivity index (χ1v) is 14.2. The number of ether oxygens (including phenoxy) is 1. The highest BCUT2D eigenvalue weighted by atomic mass is 16.6. The van der Waals surface area contributed by atoms with Gasteiger partial charge in [0.15, 0.2) is 0 Å². The Morgan fingerprint density at radius 3 is 2.08 bits per heavy atom. The first-order chi connectivity index (χ1) is 18.7. The number of aryl methyl sites for hydroxylation is 2. The molecule has 0 saturated heterocycles. The minimum Gasteiger partial charge on any atom is -0.508 e. The van der Waals surface area contributed by atoms with Crippen LogP contribution < -0.4 is 10.6 Å². The number of hydrogen-bond donors (Lipinski definition) is 3. The van der Waals surface area contributed by atoms with Crippen LogP contribution in [0, 0.1) is 13.8 Å². The first kappa shape index (κ1) is 32.7. The van der Waals surface area contributed by atoms with Crippen LogP contribution in [0.3, 0.4) is 0 Å². The van der Waals surface area contributed by atoms with E-state index in [1.807, 2.05) is 45.9 Å². The summed E-state index contributed by atoms with van der Waals surface area (Å²) in [5.74, 6) is -0.538. The van der Waals surface area contributed by atoms with Gasteiger partial charge in [0.2, 0.25) is 11.8 Å². The van der Waals surface area contributed by atoms with Crippen molar-refractivity contribution in [2.45, 2.75) is 105 Å². The summed E-state index contributed by atoms with van der Waals surface area (Å²) >= 11 is 0. The second-order valence-electron chi connectivity index (χ2n) is 11.6. The van der Waals surface area contributed by atoms with Crippen molar-refractivity contribution in [1.29, 1.82) is 0 Å². The lowest BCUT2D eigenvalue weighted by Crippen LogP contribution is -2.54. The predicted molar refractivity (Wildman–Crippen MR) is 158 cm³/mol. The highest BCUT2D eigenvalue weighted by Crippen LogP contribution is 2.26. The summed E-state index contributed by atoms with van der Waals surface area (Å²) in [6.07, 6.45) is 1.79. The van der Waals surface area contributed by atoms with Crippen molar-refractivity contribution in [1.82, 2.24) is 15.5 Å². The molecule has 2 aromatic carbocycles. The fourth-order valence-electron chi connectivity index (χ4n) is 4.79. The molecule has 3 N–H and O–H groups in total. The Kier molecular flexibility index (Phi) is 12.0. The maximum absolute atomic E-state index is 14.3. The predicted octanol–water partition coefficient (Wildman–Crippen LogP) is 5.73. The Bertz CT molecular complexity index is 1120. The summed E-state index contributed by atoms with van der Waals surface area (Å²) in [5, 5.41) is 15.6. The molecule has 3 unspecified atom stereocenters. The van der Waals surface area contributed by atoms with Gasteiger partial charge in [-0.05, 0) is 77.6 Å². The molecule has 0 aromatic heterocycles. The molecule has 220 valence electrons. The minimum atomic E-state index is -1.000. The molecule has 2 aromatic rings. The van der Waals surface area contributed by atoms with Gasteiger partial charge in [-0.1, -0.05) is 61.7 Å². The molecular formula is C32H47N3O5. The minimum absolute atomic E-state index is 0.0582. The van der Waals surface area contributed by atoms with Crippen LogP contribution in [0.5, 0.6) is 5.75 Å². The van der Waals surface area contributed by atoms with Crippen LogP contribution in [0.1, 0.15) is 89.1 Å². The lowest BCUT2D eigenvalue weighted by atomic mass is 9.97. The zero-order chi connectivity index (χ0) is 30.0. The number of aromatic hydroxyl groups is 1. The average Bonchev–Trinajstić information content (AvgIpc) is 2.82. The summed E-state index contributed by atoms with van der Waals surface area (Å²) in [5.41, 5.74) is 2.70. The van der Waals surface area contributed by atoms with Crippen molar-refractivity contribution in [2.24, 2.45) is 0 Å². The molecule has 0 aliphatic carbocycles. The number of amides is 3. The molecule has 40 heavy (non-hydrogen) atoms. The van der Waals surface area contributed by atoms with Crippen LogP contribution in [0.15, 0.2) is 42.5 Å². The Labute approximate surface area is 239 Å². The number of carbonyl (C=O) groups is 3. The van der Waals surface area contributed by atoms with Gasteiger partial charge in [-0.2, -0.15) is 0 Å². The van der Waals surface area contributed by atoms with Crippen molar-refractivity contribution in [3.05, 3.63) is 64.7 Å². The van der Waals surface area contributed by atoms with E-state index in [9.17, 15) is 19.5 Å². The van der Waals surface area contributed by atoms with Crippen molar-refractivity contribution >= 4 is 17.9 Å². The zero-order valence-electron chi connectivity index (χ0n) is 25.3. The summed E-state index contributed by atoms with van der Waals surface area (Å²) in [6, 6.07) is 10.5. The maximum Gasteiger partial charge on any atom is 0.408 e. The van der Waals surface area contributed by atoms with Crippen LogP contribution in [-0.4, -0.2) is 52.1 Å². The van der Waals surface area contributed by atoms with E-state index in [-0.39, 0.29) is 30.0 Å². The van der Waals surface area contributed by atoms with Crippen LogP contribution in [0.4, 0.5) is 4.79 Å². The van der Waals surface area contributed by atoms with Gasteiger partial charge in [-0.25, -0.2) is 4.79 Å². The van der Waals surface area contributed by atoms with Gasteiger partial charge in [0.25, 0.3) is 0 Å².